The van der Waals surface area contributed by atoms with Gasteiger partial charge in [0.1, 0.15) is 0 Å². The Morgan fingerprint density at radius 3 is 2.68 bits per heavy atom. The summed E-state index contributed by atoms with van der Waals surface area (Å²) in [6.07, 6.45) is 6.84. The predicted octanol–water partition coefficient (Wildman–Crippen LogP) is 3.22. The molecule has 0 N–H and O–H groups in total. The molecule has 0 unspecified atom stereocenters. The first kappa shape index (κ1) is 13.9. The maximum absolute atomic E-state index is 11.1. The molecule has 1 amide bonds. The highest BCUT2D eigenvalue weighted by molar-refractivity contribution is 5.78. The van der Waals surface area contributed by atoms with Crippen LogP contribution in [-0.4, -0.2) is 26.5 Å². The zero-order valence-corrected chi connectivity index (χ0v) is 12.1. The summed E-state index contributed by atoms with van der Waals surface area (Å²) in [6.45, 7) is 4.47. The molecule has 3 nitrogen and oxygen atoms in total. The first-order valence-electron chi connectivity index (χ1n) is 7.32. The van der Waals surface area contributed by atoms with Crippen molar-refractivity contribution >= 4 is 17.8 Å². The van der Waals surface area contributed by atoms with E-state index in [1.807, 2.05) is 7.05 Å². The lowest BCUT2D eigenvalue weighted by atomic mass is 10.0. The Labute approximate surface area is 116 Å². The monoisotopic (exact) mass is 260 g/mol. The second-order valence-electron chi connectivity index (χ2n) is 5.33. The smallest absolute Gasteiger partial charge is 0.213 e. The number of anilines is 2. The minimum Gasteiger partial charge on any atom is -0.371 e. The van der Waals surface area contributed by atoms with Crippen LogP contribution in [-0.2, 0) is 11.2 Å². The van der Waals surface area contributed by atoms with Crippen LogP contribution in [0.2, 0.25) is 0 Å². The maximum Gasteiger partial charge on any atom is 0.213 e. The van der Waals surface area contributed by atoms with Gasteiger partial charge in [0.15, 0.2) is 0 Å². The summed E-state index contributed by atoms with van der Waals surface area (Å²) in [5.74, 6) is 0. The lowest BCUT2D eigenvalue weighted by molar-refractivity contribution is -0.107. The number of nitrogens with zero attached hydrogens (tertiary/aromatic N) is 2. The van der Waals surface area contributed by atoms with Crippen LogP contribution in [0.1, 0.15) is 38.2 Å². The SMILES string of the molecule is CCCCc1ccc(N2CCCC2)cc1N(C)C=O. The van der Waals surface area contributed by atoms with E-state index in [4.69, 9.17) is 0 Å². The Hall–Kier alpha value is -1.51. The van der Waals surface area contributed by atoms with Crippen molar-refractivity contribution in [3.8, 4) is 0 Å². The molecule has 3 heteroatoms. The molecule has 0 radical (unpaired) electrons. The molecule has 1 aliphatic heterocycles. The maximum atomic E-state index is 11.1. The fourth-order valence-corrected chi connectivity index (χ4v) is 2.69. The topological polar surface area (TPSA) is 23.6 Å². The zero-order valence-electron chi connectivity index (χ0n) is 12.1. The minimum atomic E-state index is 0.901. The molecule has 1 heterocycles. The van der Waals surface area contributed by atoms with Gasteiger partial charge in [0.2, 0.25) is 6.41 Å². The van der Waals surface area contributed by atoms with Crippen molar-refractivity contribution in [2.75, 3.05) is 29.9 Å². The number of aryl methyl sites for hydroxylation is 1. The highest BCUT2D eigenvalue weighted by atomic mass is 16.1. The van der Waals surface area contributed by atoms with Crippen molar-refractivity contribution in [1.29, 1.82) is 0 Å². The molecule has 0 saturated carbocycles. The van der Waals surface area contributed by atoms with Crippen molar-refractivity contribution in [2.45, 2.75) is 39.0 Å². The van der Waals surface area contributed by atoms with Gasteiger partial charge >= 0.3 is 0 Å². The Morgan fingerprint density at radius 1 is 1.32 bits per heavy atom. The second-order valence-corrected chi connectivity index (χ2v) is 5.33. The molecule has 1 aromatic carbocycles. The van der Waals surface area contributed by atoms with E-state index in [-0.39, 0.29) is 0 Å². The number of carbonyl (C=O) groups excluding carboxylic acids is 1. The number of hydrogen-bond acceptors (Lipinski definition) is 2. The van der Waals surface area contributed by atoms with Gasteiger partial charge in [0.25, 0.3) is 0 Å². The van der Waals surface area contributed by atoms with Gasteiger partial charge in [0, 0.05) is 31.5 Å². The molecule has 0 bridgehead atoms. The van der Waals surface area contributed by atoms with Gasteiger partial charge in [-0.1, -0.05) is 19.4 Å². The normalized spacial score (nSPS) is 14.7. The van der Waals surface area contributed by atoms with Crippen molar-refractivity contribution in [1.82, 2.24) is 0 Å². The van der Waals surface area contributed by atoms with Gasteiger partial charge in [-0.25, -0.2) is 0 Å². The third-order valence-electron chi connectivity index (χ3n) is 3.88. The van der Waals surface area contributed by atoms with Crippen LogP contribution >= 0.6 is 0 Å². The highest BCUT2D eigenvalue weighted by Crippen LogP contribution is 2.29. The van der Waals surface area contributed by atoms with E-state index in [0.29, 0.717) is 0 Å². The first-order valence-corrected chi connectivity index (χ1v) is 7.32. The number of unbranched alkanes of at least 4 members (excludes halogenated alkanes) is 1. The molecule has 0 spiro atoms. The van der Waals surface area contributed by atoms with Gasteiger partial charge in [0.05, 0.1) is 0 Å². The molecule has 0 atom stereocenters. The van der Waals surface area contributed by atoms with E-state index in [1.54, 1.807) is 4.90 Å². The molecule has 19 heavy (non-hydrogen) atoms. The summed E-state index contributed by atoms with van der Waals surface area (Å²) in [5, 5.41) is 0. The van der Waals surface area contributed by atoms with Crippen LogP contribution in [0.15, 0.2) is 18.2 Å². The zero-order chi connectivity index (χ0) is 13.7. The average molecular weight is 260 g/mol. The summed E-state index contributed by atoms with van der Waals surface area (Å²) in [5.41, 5.74) is 3.59. The van der Waals surface area contributed by atoms with E-state index < -0.39 is 0 Å². The van der Waals surface area contributed by atoms with E-state index in [0.717, 1.165) is 31.6 Å². The van der Waals surface area contributed by atoms with Gasteiger partial charge < -0.3 is 9.80 Å². The van der Waals surface area contributed by atoms with Crippen LogP contribution in [0.3, 0.4) is 0 Å². The summed E-state index contributed by atoms with van der Waals surface area (Å²) < 4.78 is 0. The van der Waals surface area contributed by atoms with Crippen LogP contribution in [0.5, 0.6) is 0 Å². The number of carbonyl (C=O) groups is 1. The van der Waals surface area contributed by atoms with E-state index in [1.165, 1.54) is 36.9 Å². The van der Waals surface area contributed by atoms with Crippen LogP contribution in [0, 0.1) is 0 Å². The average Bonchev–Trinajstić information content (AvgIpc) is 2.98. The molecule has 0 aliphatic carbocycles. The molecule has 1 aliphatic rings. The van der Waals surface area contributed by atoms with Crippen molar-refractivity contribution in [3.63, 3.8) is 0 Å². The Morgan fingerprint density at radius 2 is 2.05 bits per heavy atom. The summed E-state index contributed by atoms with van der Waals surface area (Å²) in [6, 6.07) is 6.57. The molecule has 104 valence electrons. The Balaban J connectivity index is 2.26. The summed E-state index contributed by atoms with van der Waals surface area (Å²) in [7, 11) is 1.84. The number of hydrogen-bond donors (Lipinski definition) is 0. The molecular formula is C16H24N2O. The molecule has 1 saturated heterocycles. The Kier molecular flexibility index (Phi) is 4.83. The number of amides is 1. The fraction of sp³-hybridized carbons (Fsp3) is 0.562. The van der Waals surface area contributed by atoms with Crippen LogP contribution < -0.4 is 9.80 Å². The molecule has 1 fully saturated rings. The van der Waals surface area contributed by atoms with Crippen molar-refractivity contribution < 1.29 is 4.79 Å². The van der Waals surface area contributed by atoms with Gasteiger partial charge in [-0.2, -0.15) is 0 Å². The second kappa shape index (κ2) is 6.60. The first-order chi connectivity index (χ1) is 9.26. The lowest BCUT2D eigenvalue weighted by Gasteiger charge is -2.22. The third kappa shape index (κ3) is 3.28. The quantitative estimate of drug-likeness (QED) is 0.733. The molecule has 0 aromatic heterocycles. The van der Waals surface area contributed by atoms with Crippen LogP contribution in [0.4, 0.5) is 11.4 Å². The van der Waals surface area contributed by atoms with Crippen molar-refractivity contribution in [3.05, 3.63) is 23.8 Å². The van der Waals surface area contributed by atoms with Crippen LogP contribution in [0.25, 0.3) is 0 Å². The fourth-order valence-electron chi connectivity index (χ4n) is 2.69. The molecule has 1 aromatic rings. The van der Waals surface area contributed by atoms with E-state index >= 15 is 0 Å². The summed E-state index contributed by atoms with van der Waals surface area (Å²) in [4.78, 5) is 15.2. The van der Waals surface area contributed by atoms with E-state index in [9.17, 15) is 4.79 Å². The number of rotatable bonds is 6. The third-order valence-corrected chi connectivity index (χ3v) is 3.88. The van der Waals surface area contributed by atoms with Gasteiger partial charge in [-0.3, -0.25) is 4.79 Å². The number of benzene rings is 1. The largest absolute Gasteiger partial charge is 0.371 e. The van der Waals surface area contributed by atoms with Gasteiger partial charge in [-0.05, 0) is 43.4 Å². The Bertz CT molecular complexity index is 425. The lowest BCUT2D eigenvalue weighted by Crippen LogP contribution is -2.20. The van der Waals surface area contributed by atoms with Crippen molar-refractivity contribution in [2.24, 2.45) is 0 Å². The van der Waals surface area contributed by atoms with Gasteiger partial charge in [-0.15, -0.1) is 0 Å². The minimum absolute atomic E-state index is 0.901. The summed E-state index contributed by atoms with van der Waals surface area (Å²) >= 11 is 0. The highest BCUT2D eigenvalue weighted by Gasteiger charge is 2.15. The molecule has 2 rings (SSSR count). The molecular weight excluding hydrogens is 236 g/mol. The van der Waals surface area contributed by atoms with E-state index in [2.05, 4.69) is 30.0 Å². The predicted molar refractivity (Wildman–Crippen MR) is 81.0 cm³/mol. The standard InChI is InChI=1S/C16H24N2O/c1-3-4-7-14-8-9-15(18-10-5-6-11-18)12-16(14)17(2)13-19/h8-9,12-13H,3-7,10-11H2,1-2H3.